The number of allylic oxidation sites excluding steroid dienone is 3. The van der Waals surface area contributed by atoms with Crippen LogP contribution in [0.3, 0.4) is 0 Å². The molecule has 7 nitrogen and oxygen atoms in total. The Balaban J connectivity index is 1.63. The molecular weight excluding hydrogens is 477 g/mol. The third kappa shape index (κ3) is 5.17. The number of amides is 2. The number of nitrogens with zero attached hydrogens (tertiary/aromatic N) is 1. The lowest BCUT2D eigenvalue weighted by molar-refractivity contribution is -0.274. The molecule has 0 spiro atoms. The number of carbonyl (C=O) groups is 2. The Kier molecular flexibility index (Phi) is 6.46. The normalized spacial score (nSPS) is 18.2. The summed E-state index contributed by atoms with van der Waals surface area (Å²) in [5, 5.41) is 22.2. The summed E-state index contributed by atoms with van der Waals surface area (Å²) in [6, 6.07) is 8.02. The highest BCUT2D eigenvalue weighted by molar-refractivity contribution is 6.02. The number of phenols is 2. The molecule has 10 heteroatoms. The minimum atomic E-state index is -4.93. The van der Waals surface area contributed by atoms with Crippen LogP contribution in [0.5, 0.6) is 17.2 Å². The summed E-state index contributed by atoms with van der Waals surface area (Å²) in [6.45, 7) is 0. The van der Waals surface area contributed by atoms with E-state index >= 15 is 0 Å². The van der Waals surface area contributed by atoms with Crippen LogP contribution >= 0.6 is 0 Å². The van der Waals surface area contributed by atoms with Gasteiger partial charge in [0.2, 0.25) is 11.8 Å². The minimum absolute atomic E-state index is 0.109. The summed E-state index contributed by atoms with van der Waals surface area (Å²) >= 11 is 0. The molecule has 4 rings (SSSR count). The molecule has 0 aromatic heterocycles. The van der Waals surface area contributed by atoms with Gasteiger partial charge in [-0.2, -0.15) is 0 Å². The summed E-state index contributed by atoms with van der Waals surface area (Å²) in [5.41, 5.74) is 0.431. The fraction of sp³-hybridized carbons (Fsp3) is 0.308. The number of aromatic hydroxyl groups is 2. The quantitative estimate of drug-likeness (QED) is 0.497. The Morgan fingerprint density at radius 3 is 2.42 bits per heavy atom. The van der Waals surface area contributed by atoms with E-state index in [0.29, 0.717) is 24.0 Å². The zero-order valence-corrected chi connectivity index (χ0v) is 19.6. The van der Waals surface area contributed by atoms with Crippen molar-refractivity contribution >= 4 is 23.1 Å². The monoisotopic (exact) mass is 502 g/mol. The van der Waals surface area contributed by atoms with Crippen LogP contribution < -0.4 is 10.1 Å². The number of alkyl halides is 3. The first-order chi connectivity index (χ1) is 16.9. The summed E-state index contributed by atoms with van der Waals surface area (Å²) < 4.78 is 43.5. The second-order valence-corrected chi connectivity index (χ2v) is 9.12. The lowest BCUT2D eigenvalue weighted by Crippen LogP contribution is -2.29. The van der Waals surface area contributed by atoms with Crippen LogP contribution in [0.15, 0.2) is 54.6 Å². The van der Waals surface area contributed by atoms with Crippen molar-refractivity contribution in [1.82, 2.24) is 4.90 Å². The van der Waals surface area contributed by atoms with Crippen molar-refractivity contribution in [3.05, 3.63) is 65.8 Å². The standard InChI is InChI=1S/C26H25F3N2O5/c1-31(2)23(34)16-5-3-4-15(12-16)19-14-18(7-9-22(19)36-26(27,28)29)30-24(35)25(10-11-25)17-6-8-20(32)21(33)13-17/h3-9,13-14,16,32-33H,10-12H2,1-2H3,(H,30,35). The zero-order chi connectivity index (χ0) is 26.3. The number of phenolic OH excluding ortho intramolecular Hbond substituents is 2. The number of rotatable bonds is 6. The van der Waals surface area contributed by atoms with E-state index in [1.807, 2.05) is 0 Å². The number of ether oxygens (including phenoxy) is 1. The summed E-state index contributed by atoms with van der Waals surface area (Å²) in [4.78, 5) is 27.0. The number of halogens is 3. The maximum absolute atomic E-state index is 13.2. The number of benzene rings is 2. The van der Waals surface area contributed by atoms with Crippen molar-refractivity contribution in [3.8, 4) is 17.2 Å². The molecule has 1 atom stereocenters. The van der Waals surface area contributed by atoms with Crippen LogP contribution in [0.1, 0.15) is 30.4 Å². The average molecular weight is 502 g/mol. The Bertz CT molecular complexity index is 1260. The first-order valence-electron chi connectivity index (χ1n) is 11.2. The summed E-state index contributed by atoms with van der Waals surface area (Å²) in [6.07, 6.45) is 1.17. The Hall–Kier alpha value is -3.95. The maximum atomic E-state index is 13.2. The van der Waals surface area contributed by atoms with E-state index in [2.05, 4.69) is 10.1 Å². The molecule has 1 unspecified atom stereocenters. The third-order valence-corrected chi connectivity index (χ3v) is 6.36. The van der Waals surface area contributed by atoms with Crippen LogP contribution in [-0.2, 0) is 15.0 Å². The van der Waals surface area contributed by atoms with Gasteiger partial charge in [0.05, 0.1) is 11.3 Å². The van der Waals surface area contributed by atoms with E-state index in [1.165, 1.54) is 29.2 Å². The molecule has 1 saturated carbocycles. The molecule has 1 fully saturated rings. The first-order valence-corrected chi connectivity index (χ1v) is 11.2. The fourth-order valence-electron chi connectivity index (χ4n) is 4.30. The van der Waals surface area contributed by atoms with Crippen molar-refractivity contribution in [3.63, 3.8) is 0 Å². The molecule has 2 aliphatic rings. The molecule has 2 amide bonds. The smallest absolute Gasteiger partial charge is 0.504 e. The molecule has 0 saturated heterocycles. The van der Waals surface area contributed by atoms with Gasteiger partial charge in [-0.15, -0.1) is 13.2 Å². The predicted molar refractivity (Wildman–Crippen MR) is 126 cm³/mol. The molecule has 190 valence electrons. The maximum Gasteiger partial charge on any atom is 0.573 e. The second kappa shape index (κ2) is 9.25. The fourth-order valence-corrected chi connectivity index (χ4v) is 4.30. The van der Waals surface area contributed by atoms with E-state index < -0.39 is 23.4 Å². The van der Waals surface area contributed by atoms with E-state index in [4.69, 9.17) is 0 Å². The molecule has 0 radical (unpaired) electrons. The number of carbonyl (C=O) groups excluding carboxylic acids is 2. The molecule has 0 bridgehead atoms. The minimum Gasteiger partial charge on any atom is -0.504 e. The topological polar surface area (TPSA) is 99.1 Å². The van der Waals surface area contributed by atoms with Gasteiger partial charge in [0.25, 0.3) is 0 Å². The van der Waals surface area contributed by atoms with Gasteiger partial charge in [0.15, 0.2) is 11.5 Å². The molecule has 3 N–H and O–H groups in total. The second-order valence-electron chi connectivity index (χ2n) is 9.12. The Morgan fingerprint density at radius 2 is 1.81 bits per heavy atom. The molecule has 36 heavy (non-hydrogen) atoms. The predicted octanol–water partition coefficient (Wildman–Crippen LogP) is 4.71. The molecule has 2 aliphatic carbocycles. The van der Waals surface area contributed by atoms with Crippen molar-refractivity contribution in [2.24, 2.45) is 5.92 Å². The van der Waals surface area contributed by atoms with Gasteiger partial charge in [-0.05, 0) is 60.7 Å². The highest BCUT2D eigenvalue weighted by Crippen LogP contribution is 2.50. The van der Waals surface area contributed by atoms with Crippen LogP contribution in [0.4, 0.5) is 18.9 Å². The largest absolute Gasteiger partial charge is 0.573 e. The molecule has 2 aromatic rings. The lowest BCUT2D eigenvalue weighted by Gasteiger charge is -2.23. The van der Waals surface area contributed by atoms with E-state index in [-0.39, 0.29) is 41.0 Å². The lowest BCUT2D eigenvalue weighted by atomic mass is 9.88. The van der Waals surface area contributed by atoms with E-state index in [9.17, 15) is 33.0 Å². The summed E-state index contributed by atoms with van der Waals surface area (Å²) in [5.74, 6) is -2.22. The van der Waals surface area contributed by atoms with Gasteiger partial charge >= 0.3 is 6.36 Å². The number of hydrogen-bond donors (Lipinski definition) is 3. The Labute approximate surface area is 205 Å². The Morgan fingerprint density at radius 1 is 1.08 bits per heavy atom. The SMILES string of the molecule is CN(C)C(=O)C1C=CC=C(c2cc(NC(=O)C3(c4ccc(O)c(O)c4)CC3)ccc2OC(F)(F)F)C1. The van der Waals surface area contributed by atoms with E-state index in [0.717, 1.165) is 6.07 Å². The van der Waals surface area contributed by atoms with Crippen LogP contribution in [-0.4, -0.2) is 47.4 Å². The molecular formula is C26H25F3N2O5. The zero-order valence-electron chi connectivity index (χ0n) is 19.6. The van der Waals surface area contributed by atoms with Gasteiger partial charge in [0.1, 0.15) is 5.75 Å². The number of hydrogen-bond acceptors (Lipinski definition) is 5. The van der Waals surface area contributed by atoms with Crippen LogP contribution in [0.2, 0.25) is 0 Å². The number of anilines is 1. The van der Waals surface area contributed by atoms with E-state index in [1.54, 1.807) is 38.4 Å². The van der Waals surface area contributed by atoms with Crippen molar-refractivity contribution < 1.29 is 37.7 Å². The van der Waals surface area contributed by atoms with Crippen molar-refractivity contribution in [2.45, 2.75) is 31.0 Å². The number of nitrogens with one attached hydrogen (secondary N) is 1. The molecule has 2 aromatic carbocycles. The average Bonchev–Trinajstić information content (AvgIpc) is 3.62. The molecule has 0 aliphatic heterocycles. The van der Waals surface area contributed by atoms with Crippen LogP contribution in [0.25, 0.3) is 5.57 Å². The van der Waals surface area contributed by atoms with Gasteiger partial charge in [-0.3, -0.25) is 9.59 Å². The first kappa shape index (κ1) is 25.2. The van der Waals surface area contributed by atoms with Gasteiger partial charge in [0, 0.05) is 25.3 Å². The van der Waals surface area contributed by atoms with Crippen LogP contribution in [0, 0.1) is 5.92 Å². The highest BCUT2D eigenvalue weighted by atomic mass is 19.4. The summed E-state index contributed by atoms with van der Waals surface area (Å²) in [7, 11) is 3.20. The van der Waals surface area contributed by atoms with Gasteiger partial charge < -0.3 is 25.2 Å². The highest BCUT2D eigenvalue weighted by Gasteiger charge is 2.51. The third-order valence-electron chi connectivity index (χ3n) is 6.36. The van der Waals surface area contributed by atoms with Crippen molar-refractivity contribution in [1.29, 1.82) is 0 Å². The molecule has 0 heterocycles. The van der Waals surface area contributed by atoms with Gasteiger partial charge in [-0.25, -0.2) is 0 Å². The van der Waals surface area contributed by atoms with Crippen molar-refractivity contribution in [2.75, 3.05) is 19.4 Å². The van der Waals surface area contributed by atoms with Gasteiger partial charge in [-0.1, -0.05) is 24.3 Å².